The molecule has 0 saturated carbocycles. The minimum Gasteiger partial charge on any atom is -0.261 e. The molecule has 0 bridgehead atoms. The lowest BCUT2D eigenvalue weighted by molar-refractivity contribution is 0.685. The van der Waals surface area contributed by atoms with E-state index in [1.165, 1.54) is 25.7 Å². The van der Waals surface area contributed by atoms with E-state index in [1.54, 1.807) is 0 Å². The molecule has 0 fully saturated rings. The van der Waals surface area contributed by atoms with E-state index in [0.29, 0.717) is 0 Å². The zero-order chi connectivity index (χ0) is 10.1. The quantitative estimate of drug-likeness (QED) is 0.465. The van der Waals surface area contributed by atoms with Crippen LogP contribution in [0, 0.1) is 0 Å². The first-order valence-corrected chi connectivity index (χ1v) is 5.51. The molecule has 0 atom stereocenters. The first-order valence-electron chi connectivity index (χ1n) is 5.51. The molecule has 0 saturated heterocycles. The highest BCUT2D eigenvalue weighted by Crippen LogP contribution is 2.09. The van der Waals surface area contributed by atoms with Crippen LogP contribution in [0.2, 0.25) is 0 Å². The Hall–Kier alpha value is -1.11. The highest BCUT2D eigenvalue weighted by Gasteiger charge is 1.86. The predicted molar refractivity (Wildman–Crippen MR) is 63.4 cm³/mol. The lowest BCUT2D eigenvalue weighted by Crippen LogP contribution is -1.78. The summed E-state index contributed by atoms with van der Waals surface area (Å²) >= 11 is 0. The smallest absolute Gasteiger partial charge is 0.0625 e. The van der Waals surface area contributed by atoms with Crippen molar-refractivity contribution in [3.63, 3.8) is 0 Å². The first kappa shape index (κ1) is 11.0. The first-order chi connectivity index (χ1) is 6.93. The van der Waals surface area contributed by atoms with Gasteiger partial charge < -0.3 is 0 Å². The normalized spacial score (nSPS) is 10.9. The molecule has 0 spiro atoms. The number of para-hydroxylation sites is 1. The molecule has 14 heavy (non-hydrogen) atoms. The Balaban J connectivity index is 2.15. The molecule has 0 heterocycles. The second-order valence-corrected chi connectivity index (χ2v) is 3.50. The van der Waals surface area contributed by atoms with Crippen LogP contribution >= 0.6 is 0 Å². The van der Waals surface area contributed by atoms with Crippen molar-refractivity contribution in [1.82, 2.24) is 0 Å². The van der Waals surface area contributed by atoms with Crippen LogP contribution in [0.5, 0.6) is 0 Å². The van der Waals surface area contributed by atoms with E-state index < -0.39 is 0 Å². The standard InChI is InChI=1S/C13H19N/c1-2-3-4-5-9-12-14-13-10-7-6-8-11-13/h6-8,10-12H,2-5,9H2,1H3. The van der Waals surface area contributed by atoms with Gasteiger partial charge in [0.05, 0.1) is 5.69 Å². The monoisotopic (exact) mass is 189 g/mol. The molecule has 0 aromatic heterocycles. The van der Waals surface area contributed by atoms with Crippen LogP contribution in [0.1, 0.15) is 39.0 Å². The van der Waals surface area contributed by atoms with Crippen LogP contribution in [0.15, 0.2) is 35.3 Å². The second kappa shape index (κ2) is 7.31. The lowest BCUT2D eigenvalue weighted by atomic mass is 10.2. The Labute approximate surface area is 86.9 Å². The fourth-order valence-corrected chi connectivity index (χ4v) is 1.35. The van der Waals surface area contributed by atoms with Gasteiger partial charge in [0.2, 0.25) is 0 Å². The Kier molecular flexibility index (Phi) is 5.73. The Morgan fingerprint density at radius 1 is 1.07 bits per heavy atom. The number of aliphatic imine (C=N–C) groups is 1. The number of rotatable bonds is 6. The highest BCUT2D eigenvalue weighted by atomic mass is 14.7. The van der Waals surface area contributed by atoms with E-state index in [2.05, 4.69) is 11.9 Å². The van der Waals surface area contributed by atoms with Gasteiger partial charge in [-0.2, -0.15) is 0 Å². The molecule has 0 aliphatic carbocycles. The Bertz CT molecular complexity index is 251. The van der Waals surface area contributed by atoms with Gasteiger partial charge in [-0.15, -0.1) is 0 Å². The van der Waals surface area contributed by atoms with E-state index in [0.717, 1.165) is 12.1 Å². The molecule has 0 aliphatic heterocycles. The maximum absolute atomic E-state index is 4.38. The summed E-state index contributed by atoms with van der Waals surface area (Å²) in [6, 6.07) is 10.1. The van der Waals surface area contributed by atoms with Crippen molar-refractivity contribution in [2.75, 3.05) is 0 Å². The van der Waals surface area contributed by atoms with Crippen LogP contribution in [-0.4, -0.2) is 6.21 Å². The van der Waals surface area contributed by atoms with Gasteiger partial charge in [-0.25, -0.2) is 0 Å². The van der Waals surface area contributed by atoms with Gasteiger partial charge in [0.25, 0.3) is 0 Å². The number of nitrogens with zero attached hydrogens (tertiary/aromatic N) is 1. The van der Waals surface area contributed by atoms with Crippen molar-refractivity contribution >= 4 is 11.9 Å². The molecule has 76 valence electrons. The summed E-state index contributed by atoms with van der Waals surface area (Å²) in [5, 5.41) is 0. The van der Waals surface area contributed by atoms with Crippen LogP contribution in [0.25, 0.3) is 0 Å². The molecule has 0 amide bonds. The summed E-state index contributed by atoms with van der Waals surface area (Å²) in [5.74, 6) is 0. The predicted octanol–water partition coefficient (Wildman–Crippen LogP) is 4.36. The largest absolute Gasteiger partial charge is 0.261 e. The van der Waals surface area contributed by atoms with E-state index in [4.69, 9.17) is 0 Å². The van der Waals surface area contributed by atoms with Gasteiger partial charge >= 0.3 is 0 Å². The Morgan fingerprint density at radius 2 is 1.86 bits per heavy atom. The zero-order valence-corrected chi connectivity index (χ0v) is 8.95. The van der Waals surface area contributed by atoms with Crippen LogP contribution in [0.4, 0.5) is 5.69 Å². The second-order valence-electron chi connectivity index (χ2n) is 3.50. The van der Waals surface area contributed by atoms with Gasteiger partial charge in [0, 0.05) is 6.21 Å². The third-order valence-electron chi connectivity index (χ3n) is 2.18. The molecule has 1 rings (SSSR count). The Morgan fingerprint density at radius 3 is 2.57 bits per heavy atom. The molecule has 1 nitrogen and oxygen atoms in total. The van der Waals surface area contributed by atoms with Crippen molar-refractivity contribution in [3.05, 3.63) is 30.3 Å². The summed E-state index contributed by atoms with van der Waals surface area (Å²) < 4.78 is 0. The summed E-state index contributed by atoms with van der Waals surface area (Å²) in [5.41, 5.74) is 1.06. The molecular formula is C13H19N. The summed E-state index contributed by atoms with van der Waals surface area (Å²) in [6.45, 7) is 2.23. The maximum atomic E-state index is 4.38. The van der Waals surface area contributed by atoms with E-state index in [1.807, 2.05) is 36.5 Å². The molecule has 0 unspecified atom stereocenters. The average Bonchev–Trinajstić information content (AvgIpc) is 2.25. The lowest BCUT2D eigenvalue weighted by Gasteiger charge is -1.94. The highest BCUT2D eigenvalue weighted by molar-refractivity contribution is 5.62. The summed E-state index contributed by atoms with van der Waals surface area (Å²) in [6.07, 6.45) is 8.39. The van der Waals surface area contributed by atoms with Crippen molar-refractivity contribution in [2.45, 2.75) is 39.0 Å². The van der Waals surface area contributed by atoms with Crippen molar-refractivity contribution in [1.29, 1.82) is 0 Å². The number of benzene rings is 1. The minimum absolute atomic E-state index is 1.06. The molecule has 0 N–H and O–H groups in total. The van der Waals surface area contributed by atoms with Gasteiger partial charge in [0.15, 0.2) is 0 Å². The van der Waals surface area contributed by atoms with Crippen LogP contribution < -0.4 is 0 Å². The maximum Gasteiger partial charge on any atom is 0.0625 e. The fraction of sp³-hybridized carbons (Fsp3) is 0.462. The van der Waals surface area contributed by atoms with Crippen LogP contribution in [0.3, 0.4) is 0 Å². The van der Waals surface area contributed by atoms with Gasteiger partial charge in [0.1, 0.15) is 0 Å². The van der Waals surface area contributed by atoms with Crippen molar-refractivity contribution in [2.24, 2.45) is 4.99 Å². The molecule has 1 aromatic rings. The third kappa shape index (κ3) is 4.80. The average molecular weight is 189 g/mol. The summed E-state index contributed by atoms with van der Waals surface area (Å²) in [7, 11) is 0. The van der Waals surface area contributed by atoms with Crippen molar-refractivity contribution < 1.29 is 0 Å². The molecule has 1 aromatic carbocycles. The topological polar surface area (TPSA) is 12.4 Å². The fourth-order valence-electron chi connectivity index (χ4n) is 1.35. The SMILES string of the molecule is CCCCCCC=Nc1ccccc1. The van der Waals surface area contributed by atoms with Crippen molar-refractivity contribution in [3.8, 4) is 0 Å². The van der Waals surface area contributed by atoms with E-state index >= 15 is 0 Å². The summed E-state index contributed by atoms with van der Waals surface area (Å²) in [4.78, 5) is 4.38. The number of unbranched alkanes of at least 4 members (excludes halogenated alkanes) is 4. The van der Waals surface area contributed by atoms with E-state index in [9.17, 15) is 0 Å². The third-order valence-corrected chi connectivity index (χ3v) is 2.18. The molecule has 0 radical (unpaired) electrons. The van der Waals surface area contributed by atoms with Gasteiger partial charge in [-0.05, 0) is 25.0 Å². The van der Waals surface area contributed by atoms with E-state index in [-0.39, 0.29) is 0 Å². The van der Waals surface area contributed by atoms with Gasteiger partial charge in [-0.1, -0.05) is 44.4 Å². The number of hydrogen-bond donors (Lipinski definition) is 0. The number of hydrogen-bond acceptors (Lipinski definition) is 1. The van der Waals surface area contributed by atoms with Crippen LogP contribution in [-0.2, 0) is 0 Å². The van der Waals surface area contributed by atoms with Gasteiger partial charge in [-0.3, -0.25) is 4.99 Å². The zero-order valence-electron chi connectivity index (χ0n) is 8.95. The minimum atomic E-state index is 1.06. The molecular weight excluding hydrogens is 170 g/mol. The molecule has 0 aliphatic rings. The molecule has 1 heteroatoms.